The lowest BCUT2D eigenvalue weighted by molar-refractivity contribution is -0.156. The van der Waals surface area contributed by atoms with E-state index < -0.39 is 5.60 Å². The summed E-state index contributed by atoms with van der Waals surface area (Å²) in [5, 5.41) is 0. The van der Waals surface area contributed by atoms with Gasteiger partial charge in [0.25, 0.3) is 0 Å². The SMILES string of the molecule is COC(=O)C[C@H](CC(=O)OC(C)(C)C)CC(C)C. The minimum atomic E-state index is -0.481. The molecular formula is C14H26O4. The maximum Gasteiger partial charge on any atom is 0.306 e. The van der Waals surface area contributed by atoms with Gasteiger partial charge in [0.05, 0.1) is 7.11 Å². The van der Waals surface area contributed by atoms with Gasteiger partial charge in [-0.25, -0.2) is 0 Å². The molecule has 106 valence electrons. The van der Waals surface area contributed by atoms with Gasteiger partial charge in [0, 0.05) is 12.8 Å². The number of carbonyl (C=O) groups excluding carboxylic acids is 2. The van der Waals surface area contributed by atoms with E-state index in [1.165, 1.54) is 7.11 Å². The first kappa shape index (κ1) is 16.9. The zero-order valence-corrected chi connectivity index (χ0v) is 12.4. The molecule has 0 fully saturated rings. The van der Waals surface area contributed by atoms with E-state index in [0.29, 0.717) is 5.92 Å². The van der Waals surface area contributed by atoms with Crippen LogP contribution < -0.4 is 0 Å². The summed E-state index contributed by atoms with van der Waals surface area (Å²) in [6.45, 7) is 9.65. The van der Waals surface area contributed by atoms with Gasteiger partial charge in [-0.05, 0) is 39.0 Å². The summed E-state index contributed by atoms with van der Waals surface area (Å²) in [5.41, 5.74) is -0.481. The number of carbonyl (C=O) groups is 2. The van der Waals surface area contributed by atoms with Crippen molar-refractivity contribution >= 4 is 11.9 Å². The fourth-order valence-corrected chi connectivity index (χ4v) is 1.84. The van der Waals surface area contributed by atoms with Crippen LogP contribution in [0.15, 0.2) is 0 Å². The zero-order chi connectivity index (χ0) is 14.3. The monoisotopic (exact) mass is 258 g/mol. The topological polar surface area (TPSA) is 52.6 Å². The Bertz CT molecular complexity index is 276. The molecule has 0 N–H and O–H groups in total. The van der Waals surface area contributed by atoms with E-state index in [2.05, 4.69) is 18.6 Å². The molecule has 18 heavy (non-hydrogen) atoms. The first-order chi connectivity index (χ1) is 8.14. The molecule has 0 rings (SSSR count). The van der Waals surface area contributed by atoms with Crippen LogP contribution in [0.25, 0.3) is 0 Å². The van der Waals surface area contributed by atoms with Crippen LogP contribution in [-0.4, -0.2) is 24.6 Å². The predicted molar refractivity (Wildman–Crippen MR) is 70.0 cm³/mol. The molecule has 0 amide bonds. The Morgan fingerprint density at radius 2 is 1.56 bits per heavy atom. The van der Waals surface area contributed by atoms with Gasteiger partial charge in [0.1, 0.15) is 5.60 Å². The van der Waals surface area contributed by atoms with E-state index in [4.69, 9.17) is 4.74 Å². The van der Waals surface area contributed by atoms with Crippen LogP contribution in [-0.2, 0) is 19.1 Å². The molecule has 0 aliphatic rings. The van der Waals surface area contributed by atoms with Crippen LogP contribution in [0.2, 0.25) is 0 Å². The van der Waals surface area contributed by atoms with E-state index in [0.717, 1.165) is 6.42 Å². The van der Waals surface area contributed by atoms with Gasteiger partial charge in [-0.1, -0.05) is 13.8 Å². The molecule has 0 aliphatic heterocycles. The molecule has 0 radical (unpaired) electrons. The van der Waals surface area contributed by atoms with Gasteiger partial charge in [-0.3, -0.25) is 9.59 Å². The summed E-state index contributed by atoms with van der Waals surface area (Å²) >= 11 is 0. The third-order valence-electron chi connectivity index (χ3n) is 2.36. The molecule has 0 bridgehead atoms. The van der Waals surface area contributed by atoms with Gasteiger partial charge in [0.2, 0.25) is 0 Å². The molecule has 0 spiro atoms. The Morgan fingerprint density at radius 3 is 1.94 bits per heavy atom. The van der Waals surface area contributed by atoms with Crippen molar-refractivity contribution < 1.29 is 19.1 Å². The summed E-state index contributed by atoms with van der Waals surface area (Å²) in [7, 11) is 1.36. The molecule has 0 aliphatic carbocycles. The third kappa shape index (κ3) is 9.02. The Labute approximate surface area is 110 Å². The van der Waals surface area contributed by atoms with Gasteiger partial charge in [0.15, 0.2) is 0 Å². The number of hydrogen-bond donors (Lipinski definition) is 0. The lowest BCUT2D eigenvalue weighted by Crippen LogP contribution is -2.26. The number of ether oxygens (including phenoxy) is 2. The molecule has 0 saturated heterocycles. The number of methoxy groups -OCH3 is 1. The molecule has 0 aromatic rings. The second kappa shape index (κ2) is 7.39. The van der Waals surface area contributed by atoms with Crippen molar-refractivity contribution in [3.05, 3.63) is 0 Å². The van der Waals surface area contributed by atoms with Crippen molar-refractivity contribution in [3.63, 3.8) is 0 Å². The highest BCUT2D eigenvalue weighted by molar-refractivity contribution is 5.73. The standard InChI is InChI=1S/C14H26O4/c1-10(2)7-11(8-12(15)17-6)9-13(16)18-14(3,4)5/h10-11H,7-9H2,1-6H3/t11-/m1/s1. The van der Waals surface area contributed by atoms with E-state index in [1.54, 1.807) is 0 Å². The summed E-state index contributed by atoms with van der Waals surface area (Å²) < 4.78 is 9.93. The molecule has 0 aromatic heterocycles. The molecule has 0 heterocycles. The van der Waals surface area contributed by atoms with Crippen molar-refractivity contribution in [3.8, 4) is 0 Å². The quantitative estimate of drug-likeness (QED) is 0.687. The second-order valence-corrected chi connectivity index (χ2v) is 6.07. The second-order valence-electron chi connectivity index (χ2n) is 6.07. The normalized spacial score (nSPS) is 13.3. The molecule has 4 nitrogen and oxygen atoms in total. The third-order valence-corrected chi connectivity index (χ3v) is 2.36. The van der Waals surface area contributed by atoms with Gasteiger partial charge >= 0.3 is 11.9 Å². The minimum absolute atomic E-state index is 0.00713. The van der Waals surface area contributed by atoms with E-state index >= 15 is 0 Å². The highest BCUT2D eigenvalue weighted by Crippen LogP contribution is 2.21. The molecular weight excluding hydrogens is 232 g/mol. The molecule has 0 aromatic carbocycles. The smallest absolute Gasteiger partial charge is 0.306 e. The first-order valence-electron chi connectivity index (χ1n) is 6.42. The summed E-state index contributed by atoms with van der Waals surface area (Å²) in [6.07, 6.45) is 1.35. The average Bonchev–Trinajstić information content (AvgIpc) is 2.12. The summed E-state index contributed by atoms with van der Waals surface area (Å²) in [5.74, 6) is -0.101. The number of esters is 2. The van der Waals surface area contributed by atoms with Crippen molar-refractivity contribution in [2.75, 3.05) is 7.11 Å². The number of hydrogen-bond acceptors (Lipinski definition) is 4. The highest BCUT2D eigenvalue weighted by Gasteiger charge is 2.23. The van der Waals surface area contributed by atoms with Crippen LogP contribution in [0.5, 0.6) is 0 Å². The lowest BCUT2D eigenvalue weighted by Gasteiger charge is -2.22. The predicted octanol–water partition coefficient (Wildman–Crippen LogP) is 2.94. The Morgan fingerprint density at radius 1 is 1.06 bits per heavy atom. The average molecular weight is 258 g/mol. The van der Waals surface area contributed by atoms with E-state index in [-0.39, 0.29) is 30.7 Å². The molecule has 0 unspecified atom stereocenters. The van der Waals surface area contributed by atoms with Crippen LogP contribution >= 0.6 is 0 Å². The van der Waals surface area contributed by atoms with Crippen LogP contribution in [0.3, 0.4) is 0 Å². The van der Waals surface area contributed by atoms with Gasteiger partial charge in [-0.15, -0.1) is 0 Å². The van der Waals surface area contributed by atoms with Crippen molar-refractivity contribution in [2.24, 2.45) is 11.8 Å². The van der Waals surface area contributed by atoms with Crippen molar-refractivity contribution in [2.45, 2.75) is 59.5 Å². The summed E-state index contributed by atoms with van der Waals surface area (Å²) in [4.78, 5) is 23.0. The number of rotatable bonds is 6. The maximum absolute atomic E-state index is 11.7. The van der Waals surface area contributed by atoms with Crippen LogP contribution in [0.1, 0.15) is 53.9 Å². The maximum atomic E-state index is 11.7. The van der Waals surface area contributed by atoms with Crippen molar-refractivity contribution in [1.29, 1.82) is 0 Å². The zero-order valence-electron chi connectivity index (χ0n) is 12.4. The fourth-order valence-electron chi connectivity index (χ4n) is 1.84. The van der Waals surface area contributed by atoms with Gasteiger partial charge in [-0.2, -0.15) is 0 Å². The molecule has 0 saturated carbocycles. The van der Waals surface area contributed by atoms with Gasteiger partial charge < -0.3 is 9.47 Å². The molecule has 4 heteroatoms. The Balaban J connectivity index is 4.39. The van der Waals surface area contributed by atoms with E-state index in [9.17, 15) is 9.59 Å². The van der Waals surface area contributed by atoms with Crippen molar-refractivity contribution in [1.82, 2.24) is 0 Å². The fraction of sp³-hybridized carbons (Fsp3) is 0.857. The first-order valence-corrected chi connectivity index (χ1v) is 6.42. The van der Waals surface area contributed by atoms with E-state index in [1.807, 2.05) is 20.8 Å². The summed E-state index contributed by atoms with van der Waals surface area (Å²) in [6, 6.07) is 0. The van der Waals surface area contributed by atoms with Crippen LogP contribution in [0, 0.1) is 11.8 Å². The molecule has 1 atom stereocenters. The Hall–Kier alpha value is -1.06. The minimum Gasteiger partial charge on any atom is -0.469 e. The largest absolute Gasteiger partial charge is 0.469 e. The van der Waals surface area contributed by atoms with Crippen LogP contribution in [0.4, 0.5) is 0 Å². The highest BCUT2D eigenvalue weighted by atomic mass is 16.6. The lowest BCUT2D eigenvalue weighted by atomic mass is 9.91. The Kier molecular flexibility index (Phi) is 6.96.